The minimum absolute atomic E-state index is 0.0298. The largest absolute Gasteiger partial charge is 0.493 e. The van der Waals surface area contributed by atoms with Gasteiger partial charge in [-0.2, -0.15) is 0 Å². The summed E-state index contributed by atoms with van der Waals surface area (Å²) in [5.74, 6) is 4.55. The Morgan fingerprint density at radius 3 is 2.58 bits per heavy atom. The van der Waals surface area contributed by atoms with Crippen LogP contribution >= 0.6 is 0 Å². The maximum absolute atomic E-state index is 12.7. The summed E-state index contributed by atoms with van der Waals surface area (Å²) in [7, 11) is -2.41. The first kappa shape index (κ1) is 18.3. The smallest absolute Gasteiger partial charge is 0.176 e. The number of aromatic nitrogens is 1. The Hall–Kier alpha value is -2.53. The van der Waals surface area contributed by atoms with Gasteiger partial charge in [-0.1, -0.05) is 25.1 Å². The van der Waals surface area contributed by atoms with Crippen molar-refractivity contribution in [3.8, 4) is 16.9 Å². The standard InChI is InChI=1S/C21H23NO3S/c1-5-12-25-16-10-11-22-19(15(2)23)14-18(20(22)13-16)17-8-6-7-9-21(17)26(3,4)24/h6-11,13-14H,3,5,12H2,1-2,4H3. The Morgan fingerprint density at radius 2 is 1.92 bits per heavy atom. The van der Waals surface area contributed by atoms with Gasteiger partial charge in [0.05, 0.1) is 17.8 Å². The molecule has 0 N–H and O–H groups in total. The van der Waals surface area contributed by atoms with Gasteiger partial charge in [0.25, 0.3) is 0 Å². The molecule has 0 fully saturated rings. The molecule has 0 spiro atoms. The fraction of sp³-hybridized carbons (Fsp3) is 0.238. The summed E-state index contributed by atoms with van der Waals surface area (Å²) in [6, 6.07) is 13.1. The van der Waals surface area contributed by atoms with E-state index in [1.54, 1.807) is 13.2 Å². The monoisotopic (exact) mass is 369 g/mol. The number of Topliss-reactive ketones (excluding diaryl/α,β-unsaturated/α-hetero) is 1. The lowest BCUT2D eigenvalue weighted by molar-refractivity contribution is 0.101. The average molecular weight is 369 g/mol. The van der Waals surface area contributed by atoms with E-state index in [1.165, 1.54) is 0 Å². The summed E-state index contributed by atoms with van der Waals surface area (Å²) >= 11 is 0. The molecular formula is C21H23NO3S. The van der Waals surface area contributed by atoms with Crippen LogP contribution in [0.5, 0.6) is 5.75 Å². The second-order valence-electron chi connectivity index (χ2n) is 6.47. The average Bonchev–Trinajstić information content (AvgIpc) is 2.98. The van der Waals surface area contributed by atoms with Crippen molar-refractivity contribution in [1.29, 1.82) is 0 Å². The van der Waals surface area contributed by atoms with Crippen molar-refractivity contribution in [2.75, 3.05) is 12.9 Å². The molecular weight excluding hydrogens is 346 g/mol. The molecule has 1 atom stereocenters. The summed E-state index contributed by atoms with van der Waals surface area (Å²) in [4.78, 5) is 12.8. The number of pyridine rings is 1. The molecule has 3 aromatic rings. The van der Waals surface area contributed by atoms with Crippen LogP contribution in [0.4, 0.5) is 0 Å². The highest BCUT2D eigenvalue weighted by atomic mass is 32.2. The van der Waals surface area contributed by atoms with Gasteiger partial charge in [-0.05, 0) is 45.6 Å². The zero-order valence-electron chi connectivity index (χ0n) is 15.3. The highest BCUT2D eigenvalue weighted by Crippen LogP contribution is 2.34. The number of carbonyl (C=O) groups excluding carboxylic acids is 1. The Balaban J connectivity index is 2.31. The van der Waals surface area contributed by atoms with Crippen LogP contribution in [0.2, 0.25) is 0 Å². The molecule has 0 radical (unpaired) electrons. The van der Waals surface area contributed by atoms with Gasteiger partial charge in [-0.15, -0.1) is 0 Å². The molecule has 1 unspecified atom stereocenters. The molecule has 0 amide bonds. The van der Waals surface area contributed by atoms with Crippen molar-refractivity contribution < 1.29 is 13.7 Å². The van der Waals surface area contributed by atoms with Crippen LogP contribution in [0.1, 0.15) is 30.8 Å². The molecule has 0 bridgehead atoms. The van der Waals surface area contributed by atoms with E-state index in [0.717, 1.165) is 28.8 Å². The maximum Gasteiger partial charge on any atom is 0.176 e. The molecule has 0 saturated carbocycles. The van der Waals surface area contributed by atoms with Crippen molar-refractivity contribution in [2.24, 2.45) is 0 Å². The van der Waals surface area contributed by atoms with Crippen LogP contribution in [0.25, 0.3) is 16.6 Å². The van der Waals surface area contributed by atoms with Crippen molar-refractivity contribution in [1.82, 2.24) is 4.40 Å². The van der Waals surface area contributed by atoms with Crippen LogP contribution in [-0.2, 0) is 9.52 Å². The fourth-order valence-corrected chi connectivity index (χ4v) is 4.05. The number of fused-ring (bicyclic) bond motifs is 1. The molecule has 2 aromatic heterocycles. The van der Waals surface area contributed by atoms with Gasteiger partial charge in [-0.25, -0.2) is 0 Å². The Morgan fingerprint density at radius 1 is 1.19 bits per heavy atom. The van der Waals surface area contributed by atoms with E-state index in [1.807, 2.05) is 53.1 Å². The number of hydrogen-bond donors (Lipinski definition) is 0. The van der Waals surface area contributed by atoms with Gasteiger partial charge >= 0.3 is 0 Å². The number of ether oxygens (including phenoxy) is 1. The fourth-order valence-electron chi connectivity index (χ4n) is 3.04. The Labute approximate surface area is 154 Å². The van der Waals surface area contributed by atoms with Crippen LogP contribution in [0.15, 0.2) is 53.6 Å². The molecule has 26 heavy (non-hydrogen) atoms. The van der Waals surface area contributed by atoms with Gasteiger partial charge in [0.15, 0.2) is 5.78 Å². The molecule has 0 aliphatic carbocycles. The number of benzene rings is 1. The molecule has 0 aliphatic heterocycles. The topological polar surface area (TPSA) is 47.8 Å². The van der Waals surface area contributed by atoms with E-state index >= 15 is 0 Å². The first-order valence-electron chi connectivity index (χ1n) is 8.53. The third kappa shape index (κ3) is 3.40. The minimum atomic E-state index is -2.41. The van der Waals surface area contributed by atoms with E-state index in [9.17, 15) is 9.00 Å². The van der Waals surface area contributed by atoms with Crippen LogP contribution < -0.4 is 4.74 Å². The molecule has 2 heterocycles. The zero-order chi connectivity index (χ0) is 18.9. The summed E-state index contributed by atoms with van der Waals surface area (Å²) in [6.07, 6.45) is 4.39. The van der Waals surface area contributed by atoms with E-state index in [4.69, 9.17) is 4.74 Å². The summed E-state index contributed by atoms with van der Waals surface area (Å²) in [5.41, 5.74) is 3.11. The van der Waals surface area contributed by atoms with Crippen LogP contribution in [-0.4, -0.2) is 33.1 Å². The lowest BCUT2D eigenvalue weighted by atomic mass is 10.1. The molecule has 3 rings (SSSR count). The predicted octanol–water partition coefficient (Wildman–Crippen LogP) is 4.30. The highest BCUT2D eigenvalue weighted by molar-refractivity contribution is 7.99. The molecule has 1 aromatic carbocycles. The Kier molecular flexibility index (Phi) is 4.92. The summed E-state index contributed by atoms with van der Waals surface area (Å²) < 4.78 is 20.3. The second-order valence-corrected chi connectivity index (χ2v) is 8.92. The van der Waals surface area contributed by atoms with Gasteiger partial charge in [0.1, 0.15) is 5.75 Å². The highest BCUT2D eigenvalue weighted by Gasteiger charge is 2.18. The number of carbonyl (C=O) groups is 1. The Bertz CT molecular complexity index is 1080. The van der Waals surface area contributed by atoms with Gasteiger partial charge in [0.2, 0.25) is 0 Å². The number of ketones is 1. The minimum Gasteiger partial charge on any atom is -0.493 e. The third-order valence-corrected chi connectivity index (χ3v) is 5.51. The first-order valence-corrected chi connectivity index (χ1v) is 10.7. The molecule has 4 nitrogen and oxygen atoms in total. The molecule has 136 valence electrons. The predicted molar refractivity (Wildman–Crippen MR) is 108 cm³/mol. The van der Waals surface area contributed by atoms with Gasteiger partial charge < -0.3 is 9.14 Å². The third-order valence-electron chi connectivity index (χ3n) is 4.22. The normalized spacial score (nSPS) is 13.5. The van der Waals surface area contributed by atoms with Gasteiger partial charge in [0, 0.05) is 35.9 Å². The number of rotatable bonds is 6. The van der Waals surface area contributed by atoms with Crippen molar-refractivity contribution in [3.63, 3.8) is 0 Å². The molecule has 0 aliphatic rings. The number of hydrogen-bond acceptors (Lipinski definition) is 3. The molecule has 0 saturated heterocycles. The SMILES string of the molecule is C=S(C)(=O)c1ccccc1-c1cc(C(C)=O)n2ccc(OCCC)cc12. The van der Waals surface area contributed by atoms with Crippen LogP contribution in [0.3, 0.4) is 0 Å². The lowest BCUT2D eigenvalue weighted by Crippen LogP contribution is -2.00. The maximum atomic E-state index is 12.7. The summed E-state index contributed by atoms with van der Waals surface area (Å²) in [5, 5.41) is 0. The van der Waals surface area contributed by atoms with E-state index < -0.39 is 9.52 Å². The van der Waals surface area contributed by atoms with Gasteiger partial charge in [-0.3, -0.25) is 9.00 Å². The summed E-state index contributed by atoms with van der Waals surface area (Å²) in [6.45, 7) is 4.23. The van der Waals surface area contributed by atoms with E-state index in [2.05, 4.69) is 12.8 Å². The van der Waals surface area contributed by atoms with Crippen molar-refractivity contribution >= 4 is 26.7 Å². The van der Waals surface area contributed by atoms with E-state index in [0.29, 0.717) is 17.2 Å². The van der Waals surface area contributed by atoms with Crippen LogP contribution in [0, 0.1) is 0 Å². The van der Waals surface area contributed by atoms with E-state index in [-0.39, 0.29) is 5.78 Å². The lowest BCUT2D eigenvalue weighted by Gasteiger charge is -2.11. The first-order chi connectivity index (χ1) is 12.3. The molecule has 5 heteroatoms. The second kappa shape index (κ2) is 7.00. The number of nitrogens with zero attached hydrogens (tertiary/aromatic N) is 1. The quantitative estimate of drug-likeness (QED) is 0.481. The van der Waals surface area contributed by atoms with Crippen molar-refractivity contribution in [2.45, 2.75) is 25.2 Å². The van der Waals surface area contributed by atoms with Crippen molar-refractivity contribution in [3.05, 3.63) is 54.4 Å². The zero-order valence-corrected chi connectivity index (χ0v) is 16.1.